The van der Waals surface area contributed by atoms with Crippen LogP contribution in [0.3, 0.4) is 0 Å². The number of imidazole rings is 1. The van der Waals surface area contributed by atoms with Gasteiger partial charge in [-0.2, -0.15) is 4.31 Å². The Morgan fingerprint density at radius 3 is 2.48 bits per heavy atom. The third-order valence-corrected chi connectivity index (χ3v) is 8.33. The van der Waals surface area contributed by atoms with Crippen LogP contribution in [-0.4, -0.2) is 59.8 Å². The van der Waals surface area contributed by atoms with E-state index in [2.05, 4.69) is 15.6 Å². The summed E-state index contributed by atoms with van der Waals surface area (Å²) >= 11 is 0. The zero-order chi connectivity index (χ0) is 24.0. The Hall–Kier alpha value is -2.46. The van der Waals surface area contributed by atoms with Crippen LogP contribution in [0.5, 0.6) is 0 Å². The second-order valence-corrected chi connectivity index (χ2v) is 10.4. The first-order valence-electron chi connectivity index (χ1n) is 11.8. The summed E-state index contributed by atoms with van der Waals surface area (Å²) in [6, 6.07) is 5.15. The normalized spacial score (nSPS) is 15.2. The molecule has 0 atom stereocenters. The highest BCUT2D eigenvalue weighted by molar-refractivity contribution is 7.89. The molecule has 2 N–H and O–H groups in total. The summed E-state index contributed by atoms with van der Waals surface area (Å²) in [6.07, 6.45) is 6.08. The summed E-state index contributed by atoms with van der Waals surface area (Å²) in [5, 5.41) is 5.66. The van der Waals surface area contributed by atoms with Crippen molar-refractivity contribution in [3.8, 4) is 0 Å². The van der Waals surface area contributed by atoms with Crippen LogP contribution >= 0.6 is 0 Å². The number of amides is 2. The standard InChI is InChI=1S/C23H35N5O4S/c1-4-28(5-2)33(31,32)18-11-12-20-19(15-18)26-21(27(20)3)13-14-22(29)24-16-23(30)25-17-9-7-6-8-10-17/h11-12,15,17H,4-10,13-14,16H2,1-3H3,(H,24,29)(H,25,30). The van der Waals surface area contributed by atoms with Gasteiger partial charge in [0.15, 0.2) is 0 Å². The van der Waals surface area contributed by atoms with Gasteiger partial charge in [-0.25, -0.2) is 13.4 Å². The molecule has 182 valence electrons. The van der Waals surface area contributed by atoms with Crippen LogP contribution in [0.25, 0.3) is 11.0 Å². The van der Waals surface area contributed by atoms with Crippen molar-refractivity contribution in [3.63, 3.8) is 0 Å². The lowest BCUT2D eigenvalue weighted by molar-refractivity contribution is -0.126. The molecule has 0 spiro atoms. The summed E-state index contributed by atoms with van der Waals surface area (Å²) in [5.41, 5.74) is 1.38. The second kappa shape index (κ2) is 11.1. The lowest BCUT2D eigenvalue weighted by Gasteiger charge is -2.22. The molecular weight excluding hydrogens is 442 g/mol. The second-order valence-electron chi connectivity index (χ2n) is 8.51. The van der Waals surface area contributed by atoms with Gasteiger partial charge in [-0.05, 0) is 31.0 Å². The van der Waals surface area contributed by atoms with E-state index in [1.807, 2.05) is 25.5 Å². The maximum absolute atomic E-state index is 12.8. The zero-order valence-corrected chi connectivity index (χ0v) is 20.6. The first-order valence-corrected chi connectivity index (χ1v) is 13.2. The minimum absolute atomic E-state index is 0.0234. The first kappa shape index (κ1) is 25.2. The van der Waals surface area contributed by atoms with Crippen LogP contribution in [-0.2, 0) is 33.1 Å². The molecule has 2 aromatic rings. The predicted octanol–water partition coefficient (Wildman–Crippen LogP) is 2.10. The van der Waals surface area contributed by atoms with Gasteiger partial charge in [0.05, 0.1) is 22.5 Å². The fraction of sp³-hybridized carbons (Fsp3) is 0.609. The fourth-order valence-corrected chi connectivity index (χ4v) is 5.82. The van der Waals surface area contributed by atoms with E-state index < -0.39 is 10.0 Å². The molecule has 3 rings (SSSR count). The van der Waals surface area contributed by atoms with Crippen molar-refractivity contribution in [2.24, 2.45) is 7.05 Å². The smallest absolute Gasteiger partial charge is 0.243 e. The monoisotopic (exact) mass is 477 g/mol. The molecule has 1 aliphatic rings. The number of aromatic nitrogens is 2. The summed E-state index contributed by atoms with van der Waals surface area (Å²) in [5.74, 6) is 0.315. The third-order valence-electron chi connectivity index (χ3n) is 6.28. The highest BCUT2D eigenvalue weighted by Crippen LogP contribution is 2.23. The van der Waals surface area contributed by atoms with Gasteiger partial charge in [0.1, 0.15) is 5.82 Å². The molecule has 1 aromatic heterocycles. The Balaban J connectivity index is 1.58. The lowest BCUT2D eigenvalue weighted by atomic mass is 9.95. The number of carbonyl (C=O) groups is 2. The van der Waals surface area contributed by atoms with E-state index in [4.69, 9.17) is 0 Å². The molecule has 2 amide bonds. The van der Waals surface area contributed by atoms with Crippen LogP contribution in [0.15, 0.2) is 23.1 Å². The molecule has 0 saturated heterocycles. The molecular formula is C23H35N5O4S. The first-order chi connectivity index (χ1) is 15.8. The van der Waals surface area contributed by atoms with Gasteiger partial charge >= 0.3 is 0 Å². The van der Waals surface area contributed by atoms with Crippen LogP contribution < -0.4 is 10.6 Å². The van der Waals surface area contributed by atoms with Crippen molar-refractivity contribution >= 4 is 32.9 Å². The Kier molecular flexibility index (Phi) is 8.47. The number of hydrogen-bond acceptors (Lipinski definition) is 5. The predicted molar refractivity (Wildman–Crippen MR) is 127 cm³/mol. The zero-order valence-electron chi connectivity index (χ0n) is 19.8. The van der Waals surface area contributed by atoms with Gasteiger partial charge in [-0.1, -0.05) is 33.1 Å². The number of nitrogens with zero attached hydrogens (tertiary/aromatic N) is 3. The van der Waals surface area contributed by atoms with E-state index in [0.29, 0.717) is 30.9 Å². The van der Waals surface area contributed by atoms with Crippen LogP contribution in [0, 0.1) is 0 Å². The molecule has 10 heteroatoms. The maximum atomic E-state index is 12.8. The molecule has 1 heterocycles. The highest BCUT2D eigenvalue weighted by Gasteiger charge is 2.23. The number of carbonyl (C=O) groups excluding carboxylic acids is 2. The van der Waals surface area contributed by atoms with Crippen molar-refractivity contribution in [1.82, 2.24) is 24.5 Å². The van der Waals surface area contributed by atoms with Gasteiger partial charge in [0, 0.05) is 39.0 Å². The molecule has 9 nitrogen and oxygen atoms in total. The number of aryl methyl sites for hydroxylation is 2. The van der Waals surface area contributed by atoms with E-state index in [-0.39, 0.29) is 35.7 Å². The Bertz CT molecular complexity index is 1090. The van der Waals surface area contributed by atoms with Crippen LogP contribution in [0.1, 0.15) is 58.2 Å². The largest absolute Gasteiger partial charge is 0.352 e. The lowest BCUT2D eigenvalue weighted by Crippen LogP contribution is -2.42. The molecule has 1 aromatic carbocycles. The maximum Gasteiger partial charge on any atom is 0.243 e. The van der Waals surface area contributed by atoms with Crippen molar-refractivity contribution in [1.29, 1.82) is 0 Å². The number of benzene rings is 1. The van der Waals surface area contributed by atoms with Gasteiger partial charge in [-0.3, -0.25) is 9.59 Å². The molecule has 0 bridgehead atoms. The molecule has 0 unspecified atom stereocenters. The number of rotatable bonds is 10. The van der Waals surface area contributed by atoms with E-state index >= 15 is 0 Å². The van der Waals surface area contributed by atoms with Crippen LogP contribution in [0.4, 0.5) is 0 Å². The average Bonchev–Trinajstić information content (AvgIpc) is 3.12. The summed E-state index contributed by atoms with van der Waals surface area (Å²) < 4.78 is 28.9. The molecule has 0 aliphatic heterocycles. The Morgan fingerprint density at radius 1 is 1.12 bits per heavy atom. The Labute approximate surface area is 196 Å². The van der Waals surface area contributed by atoms with Gasteiger partial charge in [-0.15, -0.1) is 0 Å². The highest BCUT2D eigenvalue weighted by atomic mass is 32.2. The number of nitrogens with one attached hydrogen (secondary N) is 2. The topological polar surface area (TPSA) is 113 Å². The number of hydrogen-bond donors (Lipinski definition) is 2. The van der Waals surface area contributed by atoms with Crippen molar-refractivity contribution < 1.29 is 18.0 Å². The molecule has 0 radical (unpaired) electrons. The molecule has 33 heavy (non-hydrogen) atoms. The summed E-state index contributed by atoms with van der Waals surface area (Å²) in [7, 11) is -1.72. The number of fused-ring (bicyclic) bond motifs is 1. The molecule has 1 saturated carbocycles. The van der Waals surface area contributed by atoms with Gasteiger partial charge < -0.3 is 15.2 Å². The SMILES string of the molecule is CCN(CC)S(=O)(=O)c1ccc2c(c1)nc(CCC(=O)NCC(=O)NC1CCCCC1)n2C. The molecule has 1 aliphatic carbocycles. The van der Waals surface area contributed by atoms with E-state index in [9.17, 15) is 18.0 Å². The summed E-state index contributed by atoms with van der Waals surface area (Å²) in [4.78, 5) is 29.1. The average molecular weight is 478 g/mol. The van der Waals surface area contributed by atoms with E-state index in [1.165, 1.54) is 10.7 Å². The third kappa shape index (κ3) is 6.11. The van der Waals surface area contributed by atoms with Gasteiger partial charge in [0.2, 0.25) is 21.8 Å². The van der Waals surface area contributed by atoms with E-state index in [0.717, 1.165) is 31.2 Å². The fourth-order valence-electron chi connectivity index (χ4n) is 4.34. The number of sulfonamides is 1. The minimum Gasteiger partial charge on any atom is -0.352 e. The van der Waals surface area contributed by atoms with Gasteiger partial charge in [0.25, 0.3) is 0 Å². The van der Waals surface area contributed by atoms with E-state index in [1.54, 1.807) is 18.2 Å². The minimum atomic E-state index is -3.57. The molecule has 1 fully saturated rings. The Morgan fingerprint density at radius 2 is 1.82 bits per heavy atom. The van der Waals surface area contributed by atoms with Crippen molar-refractivity contribution in [2.45, 2.75) is 69.7 Å². The quantitative estimate of drug-likeness (QED) is 0.544. The van der Waals surface area contributed by atoms with Crippen LogP contribution in [0.2, 0.25) is 0 Å². The van der Waals surface area contributed by atoms with Crippen molar-refractivity contribution in [2.75, 3.05) is 19.6 Å². The summed E-state index contributed by atoms with van der Waals surface area (Å²) in [6.45, 7) is 4.40. The van der Waals surface area contributed by atoms with Crippen molar-refractivity contribution in [3.05, 3.63) is 24.0 Å².